The molecular formula is C19H24N4O3S. The molecule has 1 saturated heterocycles. The number of hydrogen-bond acceptors (Lipinski definition) is 6. The second kappa shape index (κ2) is 8.56. The number of hydrogen-bond donors (Lipinski definition) is 0. The predicted octanol–water partition coefficient (Wildman–Crippen LogP) is 2.67. The fraction of sp³-hybridized carbons (Fsp3) is 0.474. The van der Waals surface area contributed by atoms with Gasteiger partial charge in [-0.05, 0) is 32.4 Å². The molecule has 0 aliphatic carbocycles. The summed E-state index contributed by atoms with van der Waals surface area (Å²) in [6, 6.07) is 3.60. The van der Waals surface area contributed by atoms with Crippen LogP contribution in [0.4, 0.5) is 0 Å². The van der Waals surface area contributed by atoms with Crippen molar-refractivity contribution in [2.24, 2.45) is 0 Å². The molecule has 0 atom stereocenters. The van der Waals surface area contributed by atoms with Crippen molar-refractivity contribution in [1.29, 1.82) is 0 Å². The first-order valence-corrected chi connectivity index (χ1v) is 10.00. The van der Waals surface area contributed by atoms with Crippen LogP contribution in [0.5, 0.6) is 0 Å². The highest BCUT2D eigenvalue weighted by molar-refractivity contribution is 7.98. The van der Waals surface area contributed by atoms with Crippen LogP contribution in [-0.4, -0.2) is 57.9 Å². The van der Waals surface area contributed by atoms with E-state index in [-0.39, 0.29) is 11.8 Å². The normalized spacial score (nSPS) is 14.9. The van der Waals surface area contributed by atoms with Crippen molar-refractivity contribution in [1.82, 2.24) is 19.9 Å². The van der Waals surface area contributed by atoms with Crippen LogP contribution >= 0.6 is 11.8 Å². The molecule has 144 valence electrons. The molecule has 3 heterocycles. The lowest BCUT2D eigenvalue weighted by atomic mass is 10.2. The van der Waals surface area contributed by atoms with E-state index in [2.05, 4.69) is 10.1 Å². The summed E-state index contributed by atoms with van der Waals surface area (Å²) in [4.78, 5) is 32.7. The Morgan fingerprint density at radius 1 is 1.19 bits per heavy atom. The Labute approximate surface area is 163 Å². The van der Waals surface area contributed by atoms with Gasteiger partial charge in [0.1, 0.15) is 10.8 Å². The number of rotatable bonds is 4. The largest absolute Gasteiger partial charge is 0.361 e. The zero-order valence-electron chi connectivity index (χ0n) is 15.9. The first kappa shape index (κ1) is 19.4. The smallest absolute Gasteiger partial charge is 0.256 e. The van der Waals surface area contributed by atoms with Gasteiger partial charge in [0.15, 0.2) is 0 Å². The summed E-state index contributed by atoms with van der Waals surface area (Å²) < 4.78 is 5.21. The average Bonchev–Trinajstić information content (AvgIpc) is 2.86. The summed E-state index contributed by atoms with van der Waals surface area (Å²) in [5.41, 5.74) is 2.50. The highest BCUT2D eigenvalue weighted by Crippen LogP contribution is 2.28. The highest BCUT2D eigenvalue weighted by atomic mass is 32.2. The lowest BCUT2D eigenvalue weighted by Gasteiger charge is -2.22. The summed E-state index contributed by atoms with van der Waals surface area (Å²) in [6.45, 7) is 7.82. The monoisotopic (exact) mass is 388 g/mol. The van der Waals surface area contributed by atoms with Gasteiger partial charge in [0, 0.05) is 50.6 Å². The SMILES string of the molecule is CC(=O)N1CCCN(C(=O)c2cccnc2SCc2c(C)noc2C)CC1. The average molecular weight is 388 g/mol. The lowest BCUT2D eigenvalue weighted by molar-refractivity contribution is -0.128. The van der Waals surface area contributed by atoms with Gasteiger partial charge in [-0.25, -0.2) is 4.98 Å². The first-order chi connectivity index (χ1) is 13.0. The molecule has 1 aliphatic rings. The third-order valence-corrected chi connectivity index (χ3v) is 5.80. The van der Waals surface area contributed by atoms with Crippen LogP contribution in [0.2, 0.25) is 0 Å². The maximum Gasteiger partial charge on any atom is 0.256 e. The van der Waals surface area contributed by atoms with E-state index in [0.717, 1.165) is 23.4 Å². The number of nitrogens with zero attached hydrogens (tertiary/aromatic N) is 4. The summed E-state index contributed by atoms with van der Waals surface area (Å²) in [6.07, 6.45) is 2.49. The molecule has 0 radical (unpaired) electrons. The molecule has 7 nitrogen and oxygen atoms in total. The Hall–Kier alpha value is -2.35. The predicted molar refractivity (Wildman–Crippen MR) is 103 cm³/mol. The molecule has 1 aliphatic heterocycles. The van der Waals surface area contributed by atoms with Crippen molar-refractivity contribution in [3.8, 4) is 0 Å². The number of carbonyl (C=O) groups is 2. The third kappa shape index (κ3) is 4.50. The molecule has 0 bridgehead atoms. The minimum Gasteiger partial charge on any atom is -0.361 e. The lowest BCUT2D eigenvalue weighted by Crippen LogP contribution is -2.36. The zero-order valence-corrected chi connectivity index (χ0v) is 16.7. The van der Waals surface area contributed by atoms with Crippen LogP contribution in [0.3, 0.4) is 0 Å². The van der Waals surface area contributed by atoms with Gasteiger partial charge in [0.05, 0.1) is 11.3 Å². The van der Waals surface area contributed by atoms with E-state index >= 15 is 0 Å². The van der Waals surface area contributed by atoms with E-state index in [1.165, 1.54) is 11.8 Å². The maximum atomic E-state index is 13.1. The van der Waals surface area contributed by atoms with Crippen LogP contribution in [0.25, 0.3) is 0 Å². The number of aromatic nitrogens is 2. The van der Waals surface area contributed by atoms with E-state index in [0.29, 0.717) is 42.5 Å². The van der Waals surface area contributed by atoms with Gasteiger partial charge in [-0.15, -0.1) is 11.8 Å². The van der Waals surface area contributed by atoms with Gasteiger partial charge in [0.2, 0.25) is 5.91 Å². The quantitative estimate of drug-likeness (QED) is 0.749. The topological polar surface area (TPSA) is 79.5 Å². The van der Waals surface area contributed by atoms with Crippen LogP contribution in [0.1, 0.15) is 40.7 Å². The number of thioether (sulfide) groups is 1. The van der Waals surface area contributed by atoms with Gasteiger partial charge >= 0.3 is 0 Å². The van der Waals surface area contributed by atoms with Crippen molar-refractivity contribution in [3.63, 3.8) is 0 Å². The van der Waals surface area contributed by atoms with Crippen LogP contribution in [0, 0.1) is 13.8 Å². The number of carbonyl (C=O) groups excluding carboxylic acids is 2. The van der Waals surface area contributed by atoms with Crippen LogP contribution in [0.15, 0.2) is 27.9 Å². The van der Waals surface area contributed by atoms with Crippen LogP contribution in [-0.2, 0) is 10.5 Å². The summed E-state index contributed by atoms with van der Waals surface area (Å²) >= 11 is 1.51. The Bertz CT molecular complexity index is 817. The molecule has 0 spiro atoms. The molecule has 1 fully saturated rings. The van der Waals surface area contributed by atoms with E-state index in [1.807, 2.05) is 24.8 Å². The second-order valence-corrected chi connectivity index (χ2v) is 7.56. The first-order valence-electron chi connectivity index (χ1n) is 9.01. The second-order valence-electron chi connectivity index (χ2n) is 6.60. The maximum absolute atomic E-state index is 13.1. The van der Waals surface area contributed by atoms with Crippen molar-refractivity contribution in [2.45, 2.75) is 38.0 Å². The molecule has 8 heteroatoms. The molecule has 0 unspecified atom stereocenters. The fourth-order valence-electron chi connectivity index (χ4n) is 3.12. The summed E-state index contributed by atoms with van der Waals surface area (Å²) in [5, 5.41) is 4.68. The van der Waals surface area contributed by atoms with Crippen molar-refractivity contribution >= 4 is 23.6 Å². The van der Waals surface area contributed by atoms with Gasteiger partial charge in [0.25, 0.3) is 5.91 Å². The molecule has 0 saturated carbocycles. The molecule has 0 N–H and O–H groups in total. The third-order valence-electron chi connectivity index (χ3n) is 4.76. The Kier molecular flexibility index (Phi) is 6.15. The van der Waals surface area contributed by atoms with Gasteiger partial charge in [-0.2, -0.15) is 0 Å². The number of amides is 2. The number of pyridine rings is 1. The van der Waals surface area contributed by atoms with Gasteiger partial charge in [-0.1, -0.05) is 5.16 Å². The van der Waals surface area contributed by atoms with Crippen LogP contribution < -0.4 is 0 Å². The molecule has 27 heavy (non-hydrogen) atoms. The molecule has 2 aromatic rings. The van der Waals surface area contributed by atoms with Crippen molar-refractivity contribution < 1.29 is 14.1 Å². The fourth-order valence-corrected chi connectivity index (χ4v) is 4.26. The van der Waals surface area contributed by atoms with E-state index in [9.17, 15) is 9.59 Å². The highest BCUT2D eigenvalue weighted by Gasteiger charge is 2.24. The van der Waals surface area contributed by atoms with E-state index in [4.69, 9.17) is 4.52 Å². The molecular weight excluding hydrogens is 364 g/mol. The van der Waals surface area contributed by atoms with Crippen molar-refractivity contribution in [2.75, 3.05) is 26.2 Å². The number of aryl methyl sites for hydroxylation is 2. The standard InChI is InChI=1S/C19H24N4O3S/c1-13-17(14(2)26-21-13)12-27-18-16(6-4-7-20-18)19(25)23-9-5-8-22(10-11-23)15(3)24/h4,6-7H,5,8-12H2,1-3H3. The van der Waals surface area contributed by atoms with E-state index in [1.54, 1.807) is 24.1 Å². The summed E-state index contributed by atoms with van der Waals surface area (Å²) in [7, 11) is 0. The zero-order chi connectivity index (χ0) is 19.4. The van der Waals surface area contributed by atoms with Gasteiger partial charge < -0.3 is 14.3 Å². The van der Waals surface area contributed by atoms with E-state index < -0.39 is 0 Å². The van der Waals surface area contributed by atoms with Crippen molar-refractivity contribution in [3.05, 3.63) is 40.9 Å². The Morgan fingerprint density at radius 3 is 2.63 bits per heavy atom. The minimum atomic E-state index is -0.0326. The Balaban J connectivity index is 1.73. The van der Waals surface area contributed by atoms with Gasteiger partial charge in [-0.3, -0.25) is 9.59 Å². The molecule has 2 amide bonds. The Morgan fingerprint density at radius 2 is 1.93 bits per heavy atom. The molecule has 3 rings (SSSR count). The molecule has 0 aromatic carbocycles. The minimum absolute atomic E-state index is 0.0326. The summed E-state index contributed by atoms with van der Waals surface area (Å²) in [5.74, 6) is 1.47. The molecule has 2 aromatic heterocycles.